The van der Waals surface area contributed by atoms with Crippen molar-refractivity contribution >= 4 is 38.5 Å². The van der Waals surface area contributed by atoms with Gasteiger partial charge in [0, 0.05) is 37.6 Å². The van der Waals surface area contributed by atoms with Crippen LogP contribution in [0.5, 0.6) is 0 Å². The van der Waals surface area contributed by atoms with Crippen LogP contribution in [-0.2, 0) is 63.3 Å². The number of hydrogen-bond donors (Lipinski definition) is 1. The molecular weight excluding hydrogens is 808 g/mol. The summed E-state index contributed by atoms with van der Waals surface area (Å²) in [4.78, 5) is 20.3. The number of nitrogens with one attached hydrogen (secondary N) is 1. The van der Waals surface area contributed by atoms with Crippen LogP contribution >= 0.6 is 32.6 Å². The van der Waals surface area contributed by atoms with Gasteiger partial charge in [0.1, 0.15) is 26.0 Å². The van der Waals surface area contributed by atoms with Crippen molar-refractivity contribution < 1.29 is 50.2 Å². The van der Waals surface area contributed by atoms with Crippen LogP contribution in [0.2, 0.25) is 0 Å². The highest BCUT2D eigenvalue weighted by atomic mass is 31.2. The van der Waals surface area contributed by atoms with Crippen molar-refractivity contribution in [2.75, 3.05) is 59.0 Å². The maximum atomic E-state index is 13.6. The van der Waals surface area contributed by atoms with Gasteiger partial charge in [0.15, 0.2) is 11.6 Å². The van der Waals surface area contributed by atoms with E-state index < -0.39 is 32.6 Å². The second-order valence-corrected chi connectivity index (χ2v) is 16.6. The Morgan fingerprint density at radius 3 is 1.71 bits per heavy atom. The molecule has 3 aromatic rings. The molecule has 0 fully saturated rings. The first-order valence-corrected chi connectivity index (χ1v) is 22.9. The van der Waals surface area contributed by atoms with E-state index in [4.69, 9.17) is 37.2 Å². The Kier molecular flexibility index (Phi) is 21.4. The van der Waals surface area contributed by atoms with E-state index in [2.05, 4.69) is 22.3 Å². The van der Waals surface area contributed by atoms with Crippen LogP contribution in [0.1, 0.15) is 70.8 Å². The summed E-state index contributed by atoms with van der Waals surface area (Å²) in [6, 6.07) is 6.90. The molecule has 3 rings (SSSR count). The predicted octanol–water partition coefficient (Wildman–Crippen LogP) is 6.52. The van der Waals surface area contributed by atoms with Crippen molar-refractivity contribution in [3.63, 3.8) is 0 Å². The third-order valence-electron chi connectivity index (χ3n) is 7.30. The van der Waals surface area contributed by atoms with Gasteiger partial charge in [-0.3, -0.25) is 27.9 Å². The Bertz CT molecular complexity index is 1790. The lowest BCUT2D eigenvalue weighted by atomic mass is 10.2. The van der Waals surface area contributed by atoms with Crippen molar-refractivity contribution in [1.29, 1.82) is 0 Å². The molecule has 0 aliphatic heterocycles. The quantitative estimate of drug-likeness (QED) is 0.0357. The van der Waals surface area contributed by atoms with E-state index in [0.717, 1.165) is 12.8 Å². The first-order valence-electron chi connectivity index (χ1n) is 18.0. The lowest BCUT2D eigenvalue weighted by Crippen LogP contribution is -2.28. The van der Waals surface area contributed by atoms with Crippen molar-refractivity contribution in [3.05, 3.63) is 53.6 Å². The van der Waals surface area contributed by atoms with E-state index in [9.17, 15) is 23.1 Å². The first-order chi connectivity index (χ1) is 27.0. The molecule has 0 aromatic carbocycles. The maximum Gasteiger partial charge on any atom is 0.344 e. The lowest BCUT2D eigenvalue weighted by molar-refractivity contribution is -0.120. The fraction of sp³-hybridized carbons (Fsp3) is 0.576. The van der Waals surface area contributed by atoms with Crippen molar-refractivity contribution in [3.8, 4) is 23.5 Å². The van der Waals surface area contributed by atoms with Gasteiger partial charge in [0.05, 0.1) is 44.2 Å². The fourth-order valence-corrected chi connectivity index (χ4v) is 9.11. The van der Waals surface area contributed by atoms with Gasteiger partial charge in [-0.2, -0.15) is 10.2 Å². The summed E-state index contributed by atoms with van der Waals surface area (Å²) in [7, 11) is -8.30. The van der Waals surface area contributed by atoms with Crippen molar-refractivity contribution in [2.45, 2.75) is 67.0 Å². The van der Waals surface area contributed by atoms with Crippen LogP contribution in [0.4, 0.5) is 0 Å². The third kappa shape index (κ3) is 16.4. The van der Waals surface area contributed by atoms with Gasteiger partial charge in [-0.05, 0) is 58.4 Å². The second-order valence-electron chi connectivity index (χ2n) is 11.8. The number of aromatic nitrogens is 5. The number of rotatable bonds is 28. The molecule has 308 valence electrons. The zero-order valence-corrected chi connectivity index (χ0v) is 35.9. The standard InChI is InChI=1S/C33H50N8O11P4/c1-6-11-17-34-33(42)14-12-13-28-20-31(40-18-15-29(36-40)22-38(24-47-53-43)25-48-54-44)35-32(21-28)41-19-16-30(37-41)23-39(26-55(45,49-7-2)50-8-3)27-56(46,51-9-4)52-10-5/h15-16,18-21H,6-11,14,17,22-27H2,1-5H3,(H,34,42). The number of carbonyl (C=O) groups excluding carboxylic acids is 1. The molecule has 0 atom stereocenters. The Hall–Kier alpha value is -3.06. The van der Waals surface area contributed by atoms with Gasteiger partial charge >= 0.3 is 32.6 Å². The van der Waals surface area contributed by atoms with Gasteiger partial charge in [-0.15, -0.1) is 0 Å². The molecule has 3 aromatic heterocycles. The summed E-state index contributed by atoms with van der Waals surface area (Å²) in [5.41, 5.74) is 1.60. The summed E-state index contributed by atoms with van der Waals surface area (Å²) in [6.07, 6.45) is 4.80. The minimum Gasteiger partial charge on any atom is -0.355 e. The highest BCUT2D eigenvalue weighted by Crippen LogP contribution is 2.53. The molecule has 1 N–H and O–H groups in total. The molecule has 0 aliphatic carbocycles. The van der Waals surface area contributed by atoms with E-state index in [1.54, 1.807) is 74.2 Å². The maximum absolute atomic E-state index is 13.6. The number of carbonyl (C=O) groups is 1. The van der Waals surface area contributed by atoms with E-state index in [-0.39, 0.29) is 77.9 Å². The lowest BCUT2D eigenvalue weighted by Gasteiger charge is -2.29. The van der Waals surface area contributed by atoms with E-state index in [0.29, 0.717) is 35.1 Å². The number of unbranched alkanes of at least 4 members (excludes halogenated alkanes) is 1. The molecule has 19 nitrogen and oxygen atoms in total. The number of pyridine rings is 1. The minimum atomic E-state index is -3.63. The SMILES string of the molecule is CCCCNC(=O)CC#Cc1cc(-n2ccc(CN(COP=O)COP=O)n2)nc(-n2ccc(CN(CP(=O)(OCC)OCC)CP(=O)(OCC)OCC)n2)c1. The van der Waals surface area contributed by atoms with Crippen LogP contribution in [-0.4, -0.2) is 99.3 Å². The molecule has 0 unspecified atom stereocenters. The van der Waals surface area contributed by atoms with Crippen molar-refractivity contribution in [1.82, 2.24) is 39.7 Å². The minimum absolute atomic E-state index is 0.00335. The Morgan fingerprint density at radius 2 is 1.27 bits per heavy atom. The Balaban J connectivity index is 2.00. The Labute approximate surface area is 330 Å². The smallest absolute Gasteiger partial charge is 0.344 e. The first kappa shape index (κ1) is 47.3. The number of nitrogens with zero attached hydrogens (tertiary/aromatic N) is 7. The average Bonchev–Trinajstić information content (AvgIpc) is 3.83. The van der Waals surface area contributed by atoms with Gasteiger partial charge in [-0.25, -0.2) is 28.4 Å². The van der Waals surface area contributed by atoms with Crippen LogP contribution in [0, 0.1) is 11.8 Å². The van der Waals surface area contributed by atoms with Gasteiger partial charge in [0.2, 0.25) is 5.91 Å². The molecule has 56 heavy (non-hydrogen) atoms. The van der Waals surface area contributed by atoms with Crippen LogP contribution in [0.25, 0.3) is 11.6 Å². The molecule has 0 radical (unpaired) electrons. The summed E-state index contributed by atoms with van der Waals surface area (Å²) in [6.45, 7) is 10.2. The number of hydrogen-bond acceptors (Lipinski definition) is 16. The normalized spacial score (nSPS) is 12.1. The highest BCUT2D eigenvalue weighted by Gasteiger charge is 2.34. The molecule has 3 heterocycles. The summed E-state index contributed by atoms with van der Waals surface area (Å²) in [5.74, 6) is 6.54. The largest absolute Gasteiger partial charge is 0.355 e. The van der Waals surface area contributed by atoms with E-state index in [1.165, 1.54) is 9.36 Å². The van der Waals surface area contributed by atoms with Gasteiger partial charge in [-0.1, -0.05) is 25.2 Å². The summed E-state index contributed by atoms with van der Waals surface area (Å²) < 4.78 is 84.1. The molecule has 23 heteroatoms. The fourth-order valence-electron chi connectivity index (χ4n) is 5.11. The average molecular weight is 859 g/mol. The monoisotopic (exact) mass is 858 g/mol. The van der Waals surface area contributed by atoms with Gasteiger partial charge in [0.25, 0.3) is 0 Å². The molecule has 0 spiro atoms. The molecule has 0 bridgehead atoms. The summed E-state index contributed by atoms with van der Waals surface area (Å²) in [5, 5.41) is 12.2. The van der Waals surface area contributed by atoms with Crippen LogP contribution in [0.15, 0.2) is 36.7 Å². The third-order valence-corrected chi connectivity index (χ3v) is 11.8. The van der Waals surface area contributed by atoms with Crippen LogP contribution in [0.3, 0.4) is 0 Å². The Morgan fingerprint density at radius 1 is 0.786 bits per heavy atom. The summed E-state index contributed by atoms with van der Waals surface area (Å²) >= 11 is 0. The van der Waals surface area contributed by atoms with E-state index in [1.807, 2.05) is 6.92 Å². The zero-order chi connectivity index (χ0) is 40.8. The van der Waals surface area contributed by atoms with Crippen LogP contribution < -0.4 is 5.32 Å². The topological polar surface area (TPSA) is 208 Å². The van der Waals surface area contributed by atoms with Crippen molar-refractivity contribution in [2.24, 2.45) is 0 Å². The van der Waals surface area contributed by atoms with E-state index >= 15 is 0 Å². The zero-order valence-electron chi connectivity index (χ0n) is 32.3. The highest BCUT2D eigenvalue weighted by molar-refractivity contribution is 7.54. The molecule has 1 amide bonds. The molecule has 0 aliphatic rings. The molecule has 0 saturated carbocycles. The second kappa shape index (κ2) is 25.3. The van der Waals surface area contributed by atoms with Gasteiger partial charge < -0.3 is 23.4 Å². The molecule has 0 saturated heterocycles. The molecular formula is C33H50N8O11P4. The number of amides is 1. The predicted molar refractivity (Wildman–Crippen MR) is 208 cm³/mol.